The predicted octanol–water partition coefficient (Wildman–Crippen LogP) is 2.24. The number of carboxylic acid groups (broad SMARTS) is 1. The van der Waals surface area contributed by atoms with Gasteiger partial charge in [0.2, 0.25) is 0 Å². The second-order valence-corrected chi connectivity index (χ2v) is 8.68. The maximum Gasteiger partial charge on any atom is 0.407 e. The number of nitrogens with one attached hydrogen (secondary N) is 1. The number of amides is 2. The normalized spacial score (nSPS) is 17.3. The van der Waals surface area contributed by atoms with Gasteiger partial charge in [-0.1, -0.05) is 0 Å². The second kappa shape index (κ2) is 9.09. The van der Waals surface area contributed by atoms with Crippen LogP contribution in [-0.2, 0) is 7.05 Å². The summed E-state index contributed by atoms with van der Waals surface area (Å²) in [6, 6.07) is 5.37. The SMILES string of the molecule is Cn1cc2cc(NC(=O)c3cnc(N4CC[C@@H](N(C(=O)O)C5CC5)C4)cn3)c(OCC#N)cc2n1. The smallest absolute Gasteiger partial charge is 0.407 e. The van der Waals surface area contributed by atoms with Crippen LogP contribution in [0.2, 0.25) is 0 Å². The molecule has 1 saturated heterocycles. The molecule has 2 fully saturated rings. The Morgan fingerprint density at radius 2 is 2.09 bits per heavy atom. The summed E-state index contributed by atoms with van der Waals surface area (Å²) >= 11 is 0. The molecule has 12 heteroatoms. The Morgan fingerprint density at radius 3 is 2.77 bits per heavy atom. The van der Waals surface area contributed by atoms with E-state index < -0.39 is 12.0 Å². The number of nitrogens with zero attached hydrogens (tertiary/aromatic N) is 7. The van der Waals surface area contributed by atoms with E-state index in [-0.39, 0.29) is 24.4 Å². The number of anilines is 2. The Bertz CT molecular complexity index is 1310. The average Bonchev–Trinajstić information content (AvgIpc) is 3.42. The number of aryl methyl sites for hydroxylation is 1. The number of ether oxygens (including phenoxy) is 1. The quantitative estimate of drug-likeness (QED) is 0.523. The van der Waals surface area contributed by atoms with Crippen LogP contribution in [0.25, 0.3) is 10.9 Å². The average molecular weight is 476 g/mol. The van der Waals surface area contributed by atoms with Gasteiger partial charge in [-0.2, -0.15) is 10.4 Å². The molecule has 1 aliphatic heterocycles. The highest BCUT2D eigenvalue weighted by molar-refractivity contribution is 6.04. The van der Waals surface area contributed by atoms with Crippen LogP contribution in [0.5, 0.6) is 5.75 Å². The Hall–Kier alpha value is -4.40. The molecule has 1 atom stereocenters. The van der Waals surface area contributed by atoms with E-state index in [0.29, 0.717) is 35.9 Å². The Kier molecular flexibility index (Phi) is 5.82. The van der Waals surface area contributed by atoms with E-state index >= 15 is 0 Å². The number of rotatable bonds is 7. The van der Waals surface area contributed by atoms with Gasteiger partial charge in [0.05, 0.1) is 29.6 Å². The van der Waals surface area contributed by atoms with Gasteiger partial charge in [-0.25, -0.2) is 14.8 Å². The highest BCUT2D eigenvalue weighted by Crippen LogP contribution is 2.33. The Morgan fingerprint density at radius 1 is 1.26 bits per heavy atom. The monoisotopic (exact) mass is 476 g/mol. The molecule has 2 amide bonds. The summed E-state index contributed by atoms with van der Waals surface area (Å²) in [6.45, 7) is 1.05. The van der Waals surface area contributed by atoms with Crippen molar-refractivity contribution in [1.82, 2.24) is 24.6 Å². The zero-order valence-electron chi connectivity index (χ0n) is 19.1. The van der Waals surface area contributed by atoms with Crippen LogP contribution in [0, 0.1) is 11.3 Å². The summed E-state index contributed by atoms with van der Waals surface area (Å²) in [4.78, 5) is 36.7. The number of fused-ring (bicyclic) bond motifs is 1. The standard InChI is InChI=1S/C23H24N8O4/c1-29-12-14-8-18(20(35-7-5-24)9-17(14)28-29)27-22(32)19-10-26-21(11-25-19)30-6-4-16(13-30)31(23(33)34)15-2-3-15/h8-12,15-16H,2-4,6-7,13H2,1H3,(H,27,32)(H,33,34)/t16-/m1/s1. The molecule has 2 aromatic heterocycles. The molecule has 0 spiro atoms. The number of aromatic nitrogens is 4. The minimum atomic E-state index is -0.875. The molecule has 3 aromatic rings. The van der Waals surface area contributed by atoms with Crippen molar-refractivity contribution in [3.8, 4) is 11.8 Å². The van der Waals surface area contributed by atoms with E-state index in [0.717, 1.165) is 24.6 Å². The lowest BCUT2D eigenvalue weighted by Gasteiger charge is -2.26. The van der Waals surface area contributed by atoms with E-state index in [1.165, 1.54) is 12.4 Å². The Labute approximate surface area is 200 Å². The van der Waals surface area contributed by atoms with E-state index in [4.69, 9.17) is 10.00 Å². The first-order valence-corrected chi connectivity index (χ1v) is 11.3. The molecule has 2 aliphatic rings. The van der Waals surface area contributed by atoms with Crippen molar-refractivity contribution < 1.29 is 19.4 Å². The second-order valence-electron chi connectivity index (χ2n) is 8.68. The zero-order chi connectivity index (χ0) is 24.5. The molecule has 0 unspecified atom stereocenters. The van der Waals surface area contributed by atoms with Crippen LogP contribution in [0.15, 0.2) is 30.7 Å². The molecular formula is C23H24N8O4. The molecular weight excluding hydrogens is 452 g/mol. The van der Waals surface area contributed by atoms with Gasteiger partial charge in [0, 0.05) is 43.8 Å². The van der Waals surface area contributed by atoms with Gasteiger partial charge < -0.3 is 25.0 Å². The molecule has 1 aliphatic carbocycles. The topological polar surface area (TPSA) is 150 Å². The van der Waals surface area contributed by atoms with Crippen molar-refractivity contribution in [3.05, 3.63) is 36.4 Å². The highest BCUT2D eigenvalue weighted by atomic mass is 16.5. The maximum absolute atomic E-state index is 12.9. The van der Waals surface area contributed by atoms with Gasteiger partial charge in [-0.15, -0.1) is 0 Å². The molecule has 1 aromatic carbocycles. The van der Waals surface area contributed by atoms with E-state index in [9.17, 15) is 14.7 Å². The molecule has 0 bridgehead atoms. The first-order chi connectivity index (χ1) is 16.9. The number of hydrogen-bond acceptors (Lipinski definition) is 8. The molecule has 5 rings (SSSR count). The number of hydrogen-bond donors (Lipinski definition) is 2. The first-order valence-electron chi connectivity index (χ1n) is 11.3. The van der Waals surface area contributed by atoms with Gasteiger partial charge in [-0.05, 0) is 25.3 Å². The summed E-state index contributed by atoms with van der Waals surface area (Å²) < 4.78 is 7.13. The van der Waals surface area contributed by atoms with Crippen molar-refractivity contribution in [2.75, 3.05) is 29.9 Å². The third-order valence-corrected chi connectivity index (χ3v) is 6.17. The van der Waals surface area contributed by atoms with Gasteiger partial charge in [0.15, 0.2) is 6.61 Å². The molecule has 2 N–H and O–H groups in total. The van der Waals surface area contributed by atoms with E-state index in [2.05, 4.69) is 20.4 Å². The lowest BCUT2D eigenvalue weighted by atomic mass is 10.2. The maximum atomic E-state index is 12.9. The molecule has 0 radical (unpaired) electrons. The fourth-order valence-corrected chi connectivity index (χ4v) is 4.43. The van der Waals surface area contributed by atoms with Crippen molar-refractivity contribution in [3.63, 3.8) is 0 Å². The number of carbonyl (C=O) groups excluding carboxylic acids is 1. The van der Waals surface area contributed by atoms with Crippen LogP contribution in [0.3, 0.4) is 0 Å². The number of nitriles is 1. The summed E-state index contributed by atoms with van der Waals surface area (Å²) in [5.41, 5.74) is 1.19. The van der Waals surface area contributed by atoms with Crippen LogP contribution < -0.4 is 15.0 Å². The molecule has 3 heterocycles. The minimum absolute atomic E-state index is 0.0704. The van der Waals surface area contributed by atoms with Gasteiger partial charge in [0.1, 0.15) is 23.3 Å². The minimum Gasteiger partial charge on any atom is -0.476 e. The fraction of sp³-hybridized carbons (Fsp3) is 0.391. The summed E-state index contributed by atoms with van der Waals surface area (Å²) in [5, 5.41) is 26.3. The van der Waals surface area contributed by atoms with Gasteiger partial charge in [0.25, 0.3) is 5.91 Å². The molecule has 12 nitrogen and oxygen atoms in total. The van der Waals surface area contributed by atoms with Crippen molar-refractivity contribution in [2.24, 2.45) is 7.05 Å². The molecule has 180 valence electrons. The third kappa shape index (κ3) is 4.65. The summed E-state index contributed by atoms with van der Waals surface area (Å²) in [5.74, 6) is 0.455. The summed E-state index contributed by atoms with van der Waals surface area (Å²) in [7, 11) is 1.79. The zero-order valence-corrected chi connectivity index (χ0v) is 19.1. The fourth-order valence-electron chi connectivity index (χ4n) is 4.43. The van der Waals surface area contributed by atoms with Gasteiger partial charge in [-0.3, -0.25) is 9.48 Å². The van der Waals surface area contributed by atoms with Crippen LogP contribution in [-0.4, -0.2) is 73.5 Å². The number of benzene rings is 1. The number of carbonyl (C=O) groups is 2. The third-order valence-electron chi connectivity index (χ3n) is 6.17. The van der Waals surface area contributed by atoms with Gasteiger partial charge >= 0.3 is 6.09 Å². The van der Waals surface area contributed by atoms with E-state index in [1.807, 2.05) is 17.2 Å². The van der Waals surface area contributed by atoms with Crippen LogP contribution in [0.1, 0.15) is 29.8 Å². The van der Waals surface area contributed by atoms with Crippen LogP contribution in [0.4, 0.5) is 16.3 Å². The molecule has 1 saturated carbocycles. The largest absolute Gasteiger partial charge is 0.476 e. The molecule has 35 heavy (non-hydrogen) atoms. The highest BCUT2D eigenvalue weighted by Gasteiger charge is 2.40. The first kappa shape index (κ1) is 22.4. The lowest BCUT2D eigenvalue weighted by Crippen LogP contribution is -2.42. The Balaban J connectivity index is 1.28. The van der Waals surface area contributed by atoms with E-state index in [1.54, 1.807) is 28.8 Å². The van der Waals surface area contributed by atoms with Crippen molar-refractivity contribution in [2.45, 2.75) is 31.3 Å². The lowest BCUT2D eigenvalue weighted by molar-refractivity contribution is 0.102. The van der Waals surface area contributed by atoms with Crippen molar-refractivity contribution >= 4 is 34.4 Å². The van der Waals surface area contributed by atoms with Crippen LogP contribution >= 0.6 is 0 Å². The summed E-state index contributed by atoms with van der Waals surface area (Å²) in [6.07, 6.45) is 6.43. The van der Waals surface area contributed by atoms with Crippen molar-refractivity contribution in [1.29, 1.82) is 5.26 Å². The predicted molar refractivity (Wildman–Crippen MR) is 125 cm³/mol.